The van der Waals surface area contributed by atoms with E-state index in [1.165, 1.54) is 4.90 Å². The molecule has 2 aliphatic heterocycles. The van der Waals surface area contributed by atoms with Crippen LogP contribution in [0.2, 0.25) is 0 Å². The Morgan fingerprint density at radius 1 is 0.747 bits per heavy atom. The van der Waals surface area contributed by atoms with E-state index in [9.17, 15) is 33.9 Å². The molecule has 542 valence electrons. The van der Waals surface area contributed by atoms with Crippen LogP contribution in [0.1, 0.15) is 87.2 Å². The van der Waals surface area contributed by atoms with Gasteiger partial charge in [0, 0.05) is 47.5 Å². The lowest BCUT2D eigenvalue weighted by Gasteiger charge is -2.32. The van der Waals surface area contributed by atoms with Crippen LogP contribution in [0, 0.1) is 0 Å². The van der Waals surface area contributed by atoms with Gasteiger partial charge in [-0.05, 0) is 122 Å². The third kappa shape index (κ3) is 28.2. The first-order valence-electron chi connectivity index (χ1n) is 33.8. The number of aryl methyl sites for hydroxylation is 1. The number of carbonyl (C=O) groups excluding carboxylic acids is 6. The van der Waals surface area contributed by atoms with E-state index in [4.69, 9.17) is 73.1 Å². The highest BCUT2D eigenvalue weighted by Crippen LogP contribution is 2.41. The number of anilines is 1. The van der Waals surface area contributed by atoms with Gasteiger partial charge < -0.3 is 93.8 Å². The molecule has 6 rings (SSSR count). The zero-order valence-corrected chi connectivity index (χ0v) is 57.2. The predicted molar refractivity (Wildman–Crippen MR) is 366 cm³/mol. The van der Waals surface area contributed by atoms with Gasteiger partial charge in [0.2, 0.25) is 24.1 Å². The molecule has 0 saturated heterocycles. The highest BCUT2D eigenvalue weighted by atomic mass is 16.6. The Hall–Kier alpha value is -8.16. The molecule has 2 aliphatic rings. The standard InChI is InChI=1S/C70H98N10O19/c1-4-56-57-45-55(19-20-60(57)77-65-58(56)47-80(50-81)63(65)46-59-51(3)48-98-68(85)70(59,87)5-2)97-25-11-23-73-69(86)99-49-53-15-17-54(18-16-53)75-66(83)61(14-9-10-22-71)78-67(84)62(44-52-12-7-6-8-13-52)76-64(82)21-26-88-28-30-90-32-34-92-36-38-94-40-42-96-43-41-95-39-37-93-35-33-91-31-29-89-27-24-74-79-72/h6-8,12-13,15-20,45-46,50,61-62,87H,4-5,9-11,14,21-44,47-49,71H2,1-3H3,(H,73,86)(H,75,83)(H,76,82)(H,78,84)/b63-46-/t61-,62-,70-/m0/s1. The number of cyclic esters (lactones) is 1. The maximum atomic E-state index is 14.0. The summed E-state index contributed by atoms with van der Waals surface area (Å²) in [5.41, 5.74) is 18.8. The van der Waals surface area contributed by atoms with Gasteiger partial charge in [0.15, 0.2) is 5.60 Å². The molecule has 0 bridgehead atoms. The van der Waals surface area contributed by atoms with E-state index in [0.717, 1.165) is 28.5 Å². The summed E-state index contributed by atoms with van der Waals surface area (Å²) in [5.74, 6) is -1.52. The Bertz CT molecular complexity index is 3250. The second-order valence-corrected chi connectivity index (χ2v) is 23.0. The number of ether oxygens (including phenoxy) is 12. The monoisotopic (exact) mass is 1380 g/mol. The average Bonchev–Trinajstić information content (AvgIpc) is 1.65. The Morgan fingerprint density at radius 2 is 1.35 bits per heavy atom. The van der Waals surface area contributed by atoms with Gasteiger partial charge in [-0.15, -0.1) is 0 Å². The molecule has 1 aromatic heterocycles. The smallest absolute Gasteiger partial charge is 0.407 e. The summed E-state index contributed by atoms with van der Waals surface area (Å²) in [4.78, 5) is 88.1. The number of benzene rings is 3. The first kappa shape index (κ1) is 79.8. The number of hydrogen-bond acceptors (Lipinski definition) is 22. The summed E-state index contributed by atoms with van der Waals surface area (Å²) in [6.07, 6.45) is 4.63. The van der Waals surface area contributed by atoms with Gasteiger partial charge in [0.1, 0.15) is 31.0 Å². The lowest BCUT2D eigenvalue weighted by atomic mass is 9.85. The van der Waals surface area contributed by atoms with Gasteiger partial charge in [-0.1, -0.05) is 61.4 Å². The quantitative estimate of drug-likeness (QED) is 0.00742. The van der Waals surface area contributed by atoms with E-state index in [1.807, 2.05) is 55.5 Å². The number of nitrogens with two attached hydrogens (primary N) is 1. The van der Waals surface area contributed by atoms with Gasteiger partial charge in [-0.2, -0.15) is 0 Å². The molecule has 0 radical (unpaired) electrons. The third-order valence-electron chi connectivity index (χ3n) is 15.8. The number of esters is 1. The Labute approximate surface area is 577 Å². The molecule has 0 unspecified atom stereocenters. The van der Waals surface area contributed by atoms with Crippen LogP contribution < -0.4 is 31.7 Å². The largest absolute Gasteiger partial charge is 0.494 e. The van der Waals surface area contributed by atoms with Crippen LogP contribution in [0.15, 0.2) is 95.1 Å². The molecule has 3 aromatic carbocycles. The van der Waals surface area contributed by atoms with Crippen molar-refractivity contribution in [3.8, 4) is 5.75 Å². The van der Waals surface area contributed by atoms with Crippen LogP contribution in [0.25, 0.3) is 27.0 Å². The molecule has 4 aromatic rings. The number of hydrogen-bond donors (Lipinski definition) is 6. The fraction of sp³-hybridized carbons (Fsp3) is 0.557. The number of fused-ring (bicyclic) bond motifs is 2. The molecule has 99 heavy (non-hydrogen) atoms. The minimum absolute atomic E-state index is 0.0165. The van der Waals surface area contributed by atoms with Crippen molar-refractivity contribution in [2.45, 2.75) is 103 Å². The van der Waals surface area contributed by atoms with Crippen molar-refractivity contribution in [3.05, 3.63) is 128 Å². The number of nitrogens with zero attached hydrogens (tertiary/aromatic N) is 5. The van der Waals surface area contributed by atoms with Crippen LogP contribution in [0.3, 0.4) is 0 Å². The number of azide groups is 1. The zero-order chi connectivity index (χ0) is 70.7. The van der Waals surface area contributed by atoms with E-state index in [0.29, 0.717) is 189 Å². The number of amides is 5. The minimum Gasteiger partial charge on any atom is -0.494 e. The van der Waals surface area contributed by atoms with Gasteiger partial charge >= 0.3 is 12.1 Å². The lowest BCUT2D eigenvalue weighted by Crippen LogP contribution is -2.53. The Kier molecular flexibility index (Phi) is 37.3. The molecule has 0 spiro atoms. The van der Waals surface area contributed by atoms with Crippen LogP contribution in [0.4, 0.5) is 10.5 Å². The molecule has 5 amide bonds. The SMILES string of the molecule is CCc1c2c(nc3ccc(OCCCNC(=O)OCc4ccc(NC(=O)[C@H](CCCCN)NC(=O)[C@H](Cc5ccccc5)NC(=O)CCOCCOCCOCCOCCOCCOCCOCCOCCOCCN=[N+]=[N-])cc4)cc13)/C(=C/C1=C(C)COC(=O)[C@]1(O)CC)N(C=O)C2. The topological polar surface area (TPSA) is 372 Å². The van der Waals surface area contributed by atoms with Crippen molar-refractivity contribution in [1.29, 1.82) is 0 Å². The summed E-state index contributed by atoms with van der Waals surface area (Å²) in [5, 5.41) is 27.0. The summed E-state index contributed by atoms with van der Waals surface area (Å²) in [6, 6.07) is 19.6. The van der Waals surface area contributed by atoms with Gasteiger partial charge in [-0.3, -0.25) is 19.2 Å². The van der Waals surface area contributed by atoms with Gasteiger partial charge in [0.25, 0.3) is 0 Å². The van der Waals surface area contributed by atoms with Gasteiger partial charge in [0.05, 0.1) is 149 Å². The number of unbranched alkanes of at least 4 members (excludes halogenated alkanes) is 1. The molecular weight excluding hydrogens is 1280 g/mol. The van der Waals surface area contributed by atoms with E-state index in [2.05, 4.69) is 31.3 Å². The van der Waals surface area contributed by atoms with Crippen molar-refractivity contribution in [1.82, 2.24) is 25.8 Å². The van der Waals surface area contributed by atoms with E-state index in [1.54, 1.807) is 44.2 Å². The maximum absolute atomic E-state index is 14.0. The first-order chi connectivity index (χ1) is 48.3. The molecular formula is C70H98N10O19. The van der Waals surface area contributed by atoms with Crippen LogP contribution in [0.5, 0.6) is 5.75 Å². The van der Waals surface area contributed by atoms with Crippen molar-refractivity contribution < 1.29 is 90.7 Å². The van der Waals surface area contributed by atoms with Crippen molar-refractivity contribution in [3.63, 3.8) is 0 Å². The number of pyridine rings is 1. The summed E-state index contributed by atoms with van der Waals surface area (Å²) >= 11 is 0. The molecule has 7 N–H and O–H groups in total. The number of aromatic nitrogens is 1. The van der Waals surface area contributed by atoms with Crippen LogP contribution in [-0.4, -0.2) is 221 Å². The van der Waals surface area contributed by atoms with E-state index < -0.39 is 47.5 Å². The molecule has 0 fully saturated rings. The van der Waals surface area contributed by atoms with Crippen molar-refractivity contribution in [2.24, 2.45) is 10.8 Å². The van der Waals surface area contributed by atoms with Crippen molar-refractivity contribution >= 4 is 58.5 Å². The molecule has 0 saturated carbocycles. The average molecular weight is 1380 g/mol. The van der Waals surface area contributed by atoms with Crippen LogP contribution >= 0.6 is 0 Å². The maximum Gasteiger partial charge on any atom is 0.407 e. The second kappa shape index (κ2) is 46.2. The number of carbonyl (C=O) groups is 6. The summed E-state index contributed by atoms with van der Waals surface area (Å²) in [7, 11) is 0. The predicted octanol–water partition coefficient (Wildman–Crippen LogP) is 5.95. The number of alkyl carbamates (subject to hydrolysis) is 1. The molecule has 0 aliphatic carbocycles. The Balaban J connectivity index is 0.829. The first-order valence-corrected chi connectivity index (χ1v) is 33.8. The van der Waals surface area contributed by atoms with Gasteiger partial charge in [-0.25, -0.2) is 14.6 Å². The third-order valence-corrected chi connectivity index (χ3v) is 15.8. The highest BCUT2D eigenvalue weighted by molar-refractivity contribution is 5.98. The number of nitrogens with one attached hydrogen (secondary N) is 4. The fourth-order valence-electron chi connectivity index (χ4n) is 10.5. The van der Waals surface area contributed by atoms with Crippen LogP contribution in [-0.2, 0) is 102 Å². The molecule has 29 nitrogen and oxygen atoms in total. The molecule has 3 atom stereocenters. The molecule has 3 heterocycles. The Morgan fingerprint density at radius 3 is 1.93 bits per heavy atom. The fourth-order valence-corrected chi connectivity index (χ4v) is 10.5. The summed E-state index contributed by atoms with van der Waals surface area (Å²) < 4.78 is 66.2. The second-order valence-electron chi connectivity index (χ2n) is 23.0. The van der Waals surface area contributed by atoms with E-state index in [-0.39, 0.29) is 72.0 Å². The van der Waals surface area contributed by atoms with E-state index >= 15 is 0 Å². The highest BCUT2D eigenvalue weighted by Gasteiger charge is 2.44. The number of rotatable bonds is 52. The lowest BCUT2D eigenvalue weighted by molar-refractivity contribution is -0.162. The number of aliphatic hydroxyl groups is 1. The summed E-state index contributed by atoms with van der Waals surface area (Å²) in [6.45, 7) is 13.9. The van der Waals surface area contributed by atoms with Crippen molar-refractivity contribution in [2.75, 3.05) is 157 Å². The normalized spacial score (nSPS) is 15.3. The zero-order valence-electron chi connectivity index (χ0n) is 57.2. The minimum atomic E-state index is -1.84. The molecule has 29 heteroatoms.